The van der Waals surface area contributed by atoms with E-state index in [0.717, 1.165) is 33.7 Å². The second kappa shape index (κ2) is 8.47. The van der Waals surface area contributed by atoms with Crippen molar-refractivity contribution in [1.29, 1.82) is 0 Å². The Morgan fingerprint density at radius 2 is 1.55 bits per heavy atom. The molecule has 156 valence electrons. The van der Waals surface area contributed by atoms with Gasteiger partial charge in [-0.15, -0.1) is 11.8 Å². The molecular weight excluding hydrogens is 416 g/mol. The first kappa shape index (κ1) is 21.0. The fourth-order valence-electron chi connectivity index (χ4n) is 3.38. The summed E-state index contributed by atoms with van der Waals surface area (Å²) in [5, 5.41) is 0. The zero-order valence-corrected chi connectivity index (χ0v) is 17.8. The number of benzene rings is 3. The average Bonchev–Trinajstić information content (AvgIpc) is 3.01. The van der Waals surface area contributed by atoms with Crippen LogP contribution in [-0.4, -0.2) is 11.8 Å². The number of carbonyl (C=O) groups is 2. The van der Waals surface area contributed by atoms with Gasteiger partial charge in [-0.1, -0.05) is 48.5 Å². The normalized spacial score (nSPS) is 14.0. The van der Waals surface area contributed by atoms with E-state index >= 15 is 0 Å². The van der Waals surface area contributed by atoms with Crippen LogP contribution in [0.1, 0.15) is 22.3 Å². The Kier molecular flexibility index (Phi) is 5.74. The van der Waals surface area contributed by atoms with Crippen molar-refractivity contribution in [2.75, 3.05) is 4.90 Å². The minimum atomic E-state index is -1.11. The van der Waals surface area contributed by atoms with E-state index < -0.39 is 23.4 Å². The molecule has 0 bridgehead atoms. The summed E-state index contributed by atoms with van der Waals surface area (Å²) in [5.74, 6) is -2.74. The van der Waals surface area contributed by atoms with Gasteiger partial charge in [-0.25, -0.2) is 13.7 Å². The van der Waals surface area contributed by atoms with E-state index in [1.807, 2.05) is 56.3 Å². The van der Waals surface area contributed by atoms with Crippen molar-refractivity contribution < 1.29 is 18.4 Å². The third kappa shape index (κ3) is 4.03. The van der Waals surface area contributed by atoms with E-state index in [9.17, 15) is 18.4 Å². The third-order valence-corrected chi connectivity index (χ3v) is 6.37. The highest BCUT2D eigenvalue weighted by Crippen LogP contribution is 2.40. The molecule has 3 aromatic rings. The number of thioether (sulfide) groups is 1. The molecule has 0 radical (unpaired) electrons. The van der Waals surface area contributed by atoms with Gasteiger partial charge in [0.2, 0.25) is 0 Å². The number of hydrogen-bond acceptors (Lipinski definition) is 3. The number of amides is 2. The van der Waals surface area contributed by atoms with E-state index in [0.29, 0.717) is 16.2 Å². The van der Waals surface area contributed by atoms with Crippen molar-refractivity contribution in [3.63, 3.8) is 0 Å². The number of hydrogen-bond donors (Lipinski definition) is 0. The molecule has 0 fully saturated rings. The van der Waals surface area contributed by atoms with Gasteiger partial charge in [-0.2, -0.15) is 0 Å². The summed E-state index contributed by atoms with van der Waals surface area (Å²) in [4.78, 5) is 27.8. The lowest BCUT2D eigenvalue weighted by atomic mass is 10.0. The van der Waals surface area contributed by atoms with Crippen LogP contribution in [0.5, 0.6) is 0 Å². The van der Waals surface area contributed by atoms with Crippen LogP contribution >= 0.6 is 11.8 Å². The summed E-state index contributed by atoms with van der Waals surface area (Å²) in [7, 11) is 0. The molecule has 0 atom stereocenters. The zero-order chi connectivity index (χ0) is 22.1. The van der Waals surface area contributed by atoms with Gasteiger partial charge in [0, 0.05) is 11.8 Å². The van der Waals surface area contributed by atoms with E-state index in [1.165, 1.54) is 17.8 Å². The molecule has 0 spiro atoms. The minimum absolute atomic E-state index is 0.00513. The molecule has 1 aliphatic rings. The Morgan fingerprint density at radius 3 is 2.23 bits per heavy atom. The van der Waals surface area contributed by atoms with Gasteiger partial charge in [0.05, 0.1) is 16.2 Å². The van der Waals surface area contributed by atoms with Gasteiger partial charge >= 0.3 is 0 Å². The summed E-state index contributed by atoms with van der Waals surface area (Å²) < 4.78 is 27.2. The van der Waals surface area contributed by atoms with E-state index in [-0.39, 0.29) is 11.3 Å². The minimum Gasteiger partial charge on any atom is -0.268 e. The van der Waals surface area contributed by atoms with Crippen LogP contribution < -0.4 is 4.90 Å². The standard InChI is InChI=1S/C25H19F2NO2S/c1-15-8-9-18(12-16(15)2)22-23(31-14-17-6-4-3-5-7-17)25(30)28(24(22)29)19-10-11-20(26)21(27)13-19/h3-13H,14H2,1-2H3. The number of nitrogens with zero attached hydrogens (tertiary/aromatic N) is 1. The van der Waals surface area contributed by atoms with Gasteiger partial charge in [0.25, 0.3) is 11.8 Å². The molecule has 0 aliphatic carbocycles. The number of rotatable bonds is 5. The Labute approximate surface area is 183 Å². The topological polar surface area (TPSA) is 37.4 Å². The van der Waals surface area contributed by atoms with Gasteiger partial charge in [-0.05, 0) is 48.2 Å². The maximum Gasteiger partial charge on any atom is 0.272 e. The number of aryl methyl sites for hydroxylation is 2. The summed E-state index contributed by atoms with van der Waals surface area (Å²) in [6.07, 6.45) is 0. The summed E-state index contributed by atoms with van der Waals surface area (Å²) in [6, 6.07) is 18.2. The van der Waals surface area contributed by atoms with Gasteiger partial charge in [0.15, 0.2) is 11.6 Å². The lowest BCUT2D eigenvalue weighted by molar-refractivity contribution is -0.119. The molecule has 6 heteroatoms. The average molecular weight is 435 g/mol. The predicted octanol–water partition coefficient (Wildman–Crippen LogP) is 5.80. The molecule has 3 nitrogen and oxygen atoms in total. The van der Waals surface area contributed by atoms with Crippen LogP contribution in [0.2, 0.25) is 0 Å². The maximum absolute atomic E-state index is 13.8. The highest BCUT2D eigenvalue weighted by Gasteiger charge is 2.40. The highest BCUT2D eigenvalue weighted by atomic mass is 32.2. The molecule has 1 heterocycles. The van der Waals surface area contributed by atoms with Crippen LogP contribution in [0.25, 0.3) is 5.57 Å². The molecule has 1 aliphatic heterocycles. The summed E-state index contributed by atoms with van der Waals surface area (Å²) in [5.41, 5.74) is 3.97. The van der Waals surface area contributed by atoms with Crippen molar-refractivity contribution in [3.8, 4) is 0 Å². The molecule has 0 saturated heterocycles. The first-order valence-electron chi connectivity index (χ1n) is 9.69. The molecule has 0 aromatic heterocycles. The molecule has 2 amide bonds. The van der Waals surface area contributed by atoms with Crippen molar-refractivity contribution in [2.24, 2.45) is 0 Å². The van der Waals surface area contributed by atoms with Gasteiger partial charge < -0.3 is 0 Å². The Morgan fingerprint density at radius 1 is 0.806 bits per heavy atom. The SMILES string of the molecule is Cc1ccc(C2=C(SCc3ccccc3)C(=O)N(c3ccc(F)c(F)c3)C2=O)cc1C. The van der Waals surface area contributed by atoms with Crippen LogP contribution in [0, 0.1) is 25.5 Å². The van der Waals surface area contributed by atoms with E-state index in [2.05, 4.69) is 0 Å². The molecule has 0 N–H and O–H groups in total. The molecular formula is C25H19F2NO2S. The number of carbonyl (C=O) groups excluding carboxylic acids is 2. The van der Waals surface area contributed by atoms with Crippen molar-refractivity contribution >= 4 is 34.8 Å². The zero-order valence-electron chi connectivity index (χ0n) is 17.0. The second-order valence-electron chi connectivity index (χ2n) is 7.32. The van der Waals surface area contributed by atoms with E-state index in [4.69, 9.17) is 0 Å². The smallest absolute Gasteiger partial charge is 0.268 e. The van der Waals surface area contributed by atoms with Crippen molar-refractivity contribution in [1.82, 2.24) is 0 Å². The first-order valence-corrected chi connectivity index (χ1v) is 10.7. The number of anilines is 1. The van der Waals surface area contributed by atoms with Gasteiger partial charge in [0.1, 0.15) is 0 Å². The fraction of sp³-hybridized carbons (Fsp3) is 0.120. The summed E-state index contributed by atoms with van der Waals surface area (Å²) >= 11 is 1.27. The van der Waals surface area contributed by atoms with E-state index in [1.54, 1.807) is 6.07 Å². The molecule has 3 aromatic carbocycles. The largest absolute Gasteiger partial charge is 0.272 e. The molecule has 31 heavy (non-hydrogen) atoms. The first-order chi connectivity index (χ1) is 14.9. The Balaban J connectivity index is 1.78. The molecule has 0 saturated carbocycles. The third-order valence-electron chi connectivity index (χ3n) is 5.22. The Hall–Kier alpha value is -3.25. The summed E-state index contributed by atoms with van der Waals surface area (Å²) in [6.45, 7) is 3.90. The highest BCUT2D eigenvalue weighted by molar-refractivity contribution is 8.03. The van der Waals surface area contributed by atoms with Gasteiger partial charge in [-0.3, -0.25) is 9.59 Å². The lowest BCUT2D eigenvalue weighted by Crippen LogP contribution is -2.31. The maximum atomic E-state index is 13.8. The molecule has 4 rings (SSSR count). The molecule has 0 unspecified atom stereocenters. The fourth-order valence-corrected chi connectivity index (χ4v) is 4.45. The number of imide groups is 1. The lowest BCUT2D eigenvalue weighted by Gasteiger charge is -2.15. The van der Waals surface area contributed by atoms with Crippen molar-refractivity contribution in [2.45, 2.75) is 19.6 Å². The predicted molar refractivity (Wildman–Crippen MR) is 119 cm³/mol. The number of halogens is 2. The van der Waals surface area contributed by atoms with Crippen LogP contribution in [-0.2, 0) is 15.3 Å². The monoisotopic (exact) mass is 435 g/mol. The van der Waals surface area contributed by atoms with Crippen molar-refractivity contribution in [3.05, 3.63) is 106 Å². The van der Waals surface area contributed by atoms with Crippen LogP contribution in [0.15, 0.2) is 71.6 Å². The van der Waals surface area contributed by atoms with Crippen LogP contribution in [0.4, 0.5) is 14.5 Å². The quantitative estimate of drug-likeness (QED) is 0.476. The Bertz CT molecular complexity index is 1220. The van der Waals surface area contributed by atoms with Crippen LogP contribution in [0.3, 0.4) is 0 Å². The second-order valence-corrected chi connectivity index (χ2v) is 8.31.